The fourth-order valence-corrected chi connectivity index (χ4v) is 3.98. The Kier molecular flexibility index (Phi) is 6.94. The molecule has 1 aliphatic heterocycles. The fraction of sp³-hybridized carbons (Fsp3) is 0.370. The number of ether oxygens (including phenoxy) is 3. The van der Waals surface area contributed by atoms with E-state index in [-0.39, 0.29) is 34.8 Å². The summed E-state index contributed by atoms with van der Waals surface area (Å²) >= 11 is 0. The lowest BCUT2D eigenvalue weighted by atomic mass is 9.81. The van der Waals surface area contributed by atoms with E-state index in [0.717, 1.165) is 11.6 Å². The lowest BCUT2D eigenvalue weighted by molar-refractivity contribution is -0.165. The molecule has 1 heterocycles. The number of nitrogens with zero attached hydrogens (tertiary/aromatic N) is 1. The number of aryl methyl sites for hydroxylation is 1. The molecule has 3 rings (SSSR count). The Balaban J connectivity index is 2.20. The van der Waals surface area contributed by atoms with Crippen molar-refractivity contribution in [3.05, 3.63) is 64.7 Å². The first kappa shape index (κ1) is 25.1. The molecule has 0 unspecified atom stereocenters. The highest BCUT2D eigenvalue weighted by molar-refractivity contribution is 6.26. The summed E-state index contributed by atoms with van der Waals surface area (Å²) in [6.45, 7) is 10.5. The largest absolute Gasteiger partial charge is 0.454 e. The third kappa shape index (κ3) is 4.87. The van der Waals surface area contributed by atoms with Gasteiger partial charge in [-0.05, 0) is 75.6 Å². The molecular weight excluding hydrogens is 437 g/mol. The van der Waals surface area contributed by atoms with Crippen molar-refractivity contribution in [2.45, 2.75) is 65.6 Å². The molecule has 0 saturated carbocycles. The van der Waals surface area contributed by atoms with Crippen LogP contribution < -0.4 is 4.74 Å². The van der Waals surface area contributed by atoms with E-state index in [2.05, 4.69) is 0 Å². The van der Waals surface area contributed by atoms with Crippen LogP contribution in [0.15, 0.2) is 42.2 Å². The van der Waals surface area contributed by atoms with E-state index in [1.165, 1.54) is 12.1 Å². The van der Waals surface area contributed by atoms with Crippen molar-refractivity contribution in [2.24, 2.45) is 0 Å². The van der Waals surface area contributed by atoms with E-state index in [9.17, 15) is 14.0 Å². The maximum absolute atomic E-state index is 14.4. The van der Waals surface area contributed by atoms with Crippen molar-refractivity contribution in [3.63, 3.8) is 0 Å². The molecule has 0 fully saturated rings. The highest BCUT2D eigenvalue weighted by atomic mass is 19.1. The van der Waals surface area contributed by atoms with Crippen LogP contribution in [-0.2, 0) is 25.5 Å². The van der Waals surface area contributed by atoms with Crippen LogP contribution in [0.3, 0.4) is 0 Å². The van der Waals surface area contributed by atoms with E-state index in [1.807, 2.05) is 13.0 Å². The normalized spacial score (nSPS) is 16.7. The average molecular weight is 466 g/mol. The molecule has 2 aromatic rings. The average Bonchev–Trinajstić information content (AvgIpc) is 2.78. The van der Waals surface area contributed by atoms with E-state index in [0.29, 0.717) is 17.7 Å². The zero-order valence-corrected chi connectivity index (χ0v) is 20.2. The molecule has 0 amide bonds. The first-order valence-corrected chi connectivity index (χ1v) is 11.1. The van der Waals surface area contributed by atoms with Gasteiger partial charge >= 0.3 is 5.97 Å². The number of nitriles is 1. The number of hydrogen-bond acceptors (Lipinski definition) is 6. The quantitative estimate of drug-likeness (QED) is 0.496. The first-order chi connectivity index (χ1) is 15.9. The number of ketones is 1. The van der Waals surface area contributed by atoms with Gasteiger partial charge in [0.2, 0.25) is 0 Å². The maximum Gasteiger partial charge on any atom is 0.310 e. The Morgan fingerprint density at radius 1 is 1.09 bits per heavy atom. The SMILES string of the molecule is CCC(=O)OC1=C(c2cc(Oc3ccc(C#N)cc3F)ccc2CC)C(=O)C(C)(C)OC1(C)C. The number of hydrogen-bond donors (Lipinski definition) is 0. The van der Waals surface area contributed by atoms with Crippen LogP contribution in [0, 0.1) is 17.1 Å². The smallest absolute Gasteiger partial charge is 0.310 e. The van der Waals surface area contributed by atoms with Crippen LogP contribution >= 0.6 is 0 Å². The Hall–Kier alpha value is -3.50. The van der Waals surface area contributed by atoms with Crippen molar-refractivity contribution in [1.29, 1.82) is 5.26 Å². The molecule has 7 heteroatoms. The van der Waals surface area contributed by atoms with Gasteiger partial charge in [0.25, 0.3) is 0 Å². The van der Waals surface area contributed by atoms with Crippen molar-refractivity contribution in [2.75, 3.05) is 0 Å². The van der Waals surface area contributed by atoms with Gasteiger partial charge in [-0.25, -0.2) is 4.39 Å². The van der Waals surface area contributed by atoms with Crippen molar-refractivity contribution >= 4 is 17.3 Å². The molecule has 6 nitrogen and oxygen atoms in total. The summed E-state index contributed by atoms with van der Waals surface area (Å²) in [6.07, 6.45) is 0.723. The third-order valence-corrected chi connectivity index (χ3v) is 5.58. The summed E-state index contributed by atoms with van der Waals surface area (Å²) in [5.74, 6) is -1.12. The second kappa shape index (κ2) is 9.40. The molecule has 0 atom stereocenters. The zero-order valence-electron chi connectivity index (χ0n) is 20.2. The predicted octanol–water partition coefficient (Wildman–Crippen LogP) is 5.87. The summed E-state index contributed by atoms with van der Waals surface area (Å²) in [6, 6.07) is 10.9. The summed E-state index contributed by atoms with van der Waals surface area (Å²) in [5, 5.41) is 8.95. The van der Waals surface area contributed by atoms with Gasteiger partial charge in [-0.15, -0.1) is 0 Å². The lowest BCUT2D eigenvalue weighted by Gasteiger charge is -2.42. The topological polar surface area (TPSA) is 85.6 Å². The van der Waals surface area contributed by atoms with Crippen LogP contribution in [0.1, 0.15) is 64.7 Å². The third-order valence-electron chi connectivity index (χ3n) is 5.58. The van der Waals surface area contributed by atoms with Crippen LogP contribution in [0.2, 0.25) is 0 Å². The molecule has 0 aromatic heterocycles. The van der Waals surface area contributed by atoms with Gasteiger partial charge in [0.05, 0.1) is 17.2 Å². The monoisotopic (exact) mass is 465 g/mol. The molecule has 0 saturated heterocycles. The Labute approximate surface area is 198 Å². The van der Waals surface area contributed by atoms with Gasteiger partial charge in [-0.3, -0.25) is 9.59 Å². The Morgan fingerprint density at radius 2 is 1.79 bits per heavy atom. The fourth-order valence-electron chi connectivity index (χ4n) is 3.98. The van der Waals surface area contributed by atoms with E-state index in [1.54, 1.807) is 52.8 Å². The molecular formula is C27H28FNO5. The van der Waals surface area contributed by atoms with E-state index in [4.69, 9.17) is 19.5 Å². The maximum atomic E-state index is 14.4. The molecule has 2 aromatic carbocycles. The summed E-state index contributed by atoms with van der Waals surface area (Å²) in [5.41, 5.74) is -0.444. The van der Waals surface area contributed by atoms with Crippen LogP contribution in [0.25, 0.3) is 5.57 Å². The highest BCUT2D eigenvalue weighted by Crippen LogP contribution is 2.43. The highest BCUT2D eigenvalue weighted by Gasteiger charge is 2.48. The van der Waals surface area contributed by atoms with Gasteiger partial charge in [0.1, 0.15) is 17.0 Å². The predicted molar refractivity (Wildman–Crippen MR) is 125 cm³/mol. The lowest BCUT2D eigenvalue weighted by Crippen LogP contribution is -2.50. The second-order valence-electron chi connectivity index (χ2n) is 9.02. The van der Waals surface area contributed by atoms with Crippen LogP contribution in [0.4, 0.5) is 4.39 Å². The standard InChI is InChI=1S/C27H28FNO5/c1-7-17-10-11-18(32-21-12-9-16(15-29)13-20(21)28)14-19(17)23-24(31)26(3,4)34-27(5,6)25(23)33-22(30)8-2/h9-14H,7-8H2,1-6H3. The molecule has 0 aliphatic carbocycles. The van der Waals surface area contributed by atoms with Crippen molar-refractivity contribution in [1.82, 2.24) is 0 Å². The minimum atomic E-state index is -1.16. The van der Waals surface area contributed by atoms with Gasteiger partial charge < -0.3 is 14.2 Å². The van der Waals surface area contributed by atoms with Gasteiger partial charge in [-0.1, -0.05) is 19.9 Å². The minimum Gasteiger partial charge on any atom is -0.454 e. The molecule has 0 spiro atoms. The zero-order chi connectivity index (χ0) is 25.3. The van der Waals surface area contributed by atoms with Gasteiger partial charge in [0.15, 0.2) is 23.1 Å². The Bertz CT molecular complexity index is 1220. The molecule has 178 valence electrons. The number of Topliss-reactive ketones (excluding diaryl/α,β-unsaturated/α-hetero) is 1. The number of halogens is 1. The number of esters is 1. The summed E-state index contributed by atoms with van der Waals surface area (Å²) < 4.78 is 31.9. The molecule has 34 heavy (non-hydrogen) atoms. The molecule has 0 bridgehead atoms. The van der Waals surface area contributed by atoms with Crippen molar-refractivity contribution in [3.8, 4) is 17.6 Å². The minimum absolute atomic E-state index is 0.0558. The van der Waals surface area contributed by atoms with Gasteiger partial charge in [0, 0.05) is 6.42 Å². The summed E-state index contributed by atoms with van der Waals surface area (Å²) in [7, 11) is 0. The van der Waals surface area contributed by atoms with E-state index < -0.39 is 23.0 Å². The number of benzene rings is 2. The number of carbonyl (C=O) groups excluding carboxylic acids is 2. The van der Waals surface area contributed by atoms with Crippen LogP contribution in [-0.4, -0.2) is 23.0 Å². The second-order valence-corrected chi connectivity index (χ2v) is 9.02. The Morgan fingerprint density at radius 3 is 2.38 bits per heavy atom. The molecule has 0 N–H and O–H groups in total. The van der Waals surface area contributed by atoms with E-state index >= 15 is 0 Å². The van der Waals surface area contributed by atoms with Gasteiger partial charge in [-0.2, -0.15) is 5.26 Å². The first-order valence-electron chi connectivity index (χ1n) is 11.1. The van der Waals surface area contributed by atoms with Crippen LogP contribution in [0.5, 0.6) is 11.5 Å². The summed E-state index contributed by atoms with van der Waals surface area (Å²) in [4.78, 5) is 25.8. The molecule has 1 aliphatic rings. The molecule has 0 radical (unpaired) electrons. The number of rotatable bonds is 6. The number of carbonyl (C=O) groups is 2. The van der Waals surface area contributed by atoms with Crippen molar-refractivity contribution < 1.29 is 28.2 Å².